The summed E-state index contributed by atoms with van der Waals surface area (Å²) in [6, 6.07) is -11.9. The molecule has 0 aromatic heterocycles. The zero-order valence-corrected chi connectivity index (χ0v) is 52.5. The van der Waals surface area contributed by atoms with Crippen LogP contribution in [0.2, 0.25) is 0 Å². The molecule has 0 fully saturated rings. The van der Waals surface area contributed by atoms with Crippen LogP contribution in [0.4, 0.5) is 0 Å². The van der Waals surface area contributed by atoms with E-state index in [0.29, 0.717) is 31.5 Å². The van der Waals surface area contributed by atoms with Gasteiger partial charge in [0, 0.05) is 76.9 Å². The predicted molar refractivity (Wildman–Crippen MR) is 327 cm³/mol. The molecular weight excluding hydrogens is 1210 g/mol. The molecule has 520 valence electrons. The lowest BCUT2D eigenvalue weighted by molar-refractivity contribution is -0.140. The number of carbonyl (C=O) groups excluding carboxylic acids is 10. The quantitative estimate of drug-likeness (QED) is 0.0311. The fraction of sp³-hybridized carbons (Fsp3) is 0.712. The zero-order valence-electron chi connectivity index (χ0n) is 52.5. The Labute approximate surface area is 534 Å². The van der Waals surface area contributed by atoms with Gasteiger partial charge < -0.3 is 93.7 Å². The van der Waals surface area contributed by atoms with Crippen LogP contribution in [-0.2, 0) is 76.6 Å². The van der Waals surface area contributed by atoms with Crippen LogP contribution in [-0.4, -0.2) is 215 Å². The number of nitrogens with zero attached hydrogens (tertiary/aromatic N) is 1. The number of aliphatic imine (C=N–C) groups is 1. The average Bonchev–Trinajstić information content (AvgIpc) is 1.66. The Balaban J connectivity index is 2.65. The van der Waals surface area contributed by atoms with E-state index >= 15 is 0 Å². The topological polar surface area (TPSA) is 525 Å². The number of unbranched alkanes of at least 4 members (excludes halogenated alkanes) is 13. The molecule has 7 atom stereocenters. The Morgan fingerprint density at radius 3 is 1.24 bits per heavy atom. The summed E-state index contributed by atoms with van der Waals surface area (Å²) < 4.78 is 10.8. The lowest BCUT2D eigenvalue weighted by atomic mass is 10.0. The van der Waals surface area contributed by atoms with Gasteiger partial charge in [-0.25, -0.2) is 0 Å². The number of aliphatic carboxylic acids is 4. The van der Waals surface area contributed by atoms with E-state index in [4.69, 9.17) is 20.3 Å². The van der Waals surface area contributed by atoms with Gasteiger partial charge in [-0.1, -0.05) is 76.7 Å². The number of carboxylic acids is 4. The maximum atomic E-state index is 13.6. The molecule has 0 bridgehead atoms. The third-order valence-corrected chi connectivity index (χ3v) is 14.2. The van der Waals surface area contributed by atoms with Gasteiger partial charge >= 0.3 is 23.9 Å². The molecule has 0 unspecified atom stereocenters. The van der Waals surface area contributed by atoms with Crippen molar-refractivity contribution < 1.29 is 107 Å². The molecule has 1 rings (SSSR count). The Kier molecular flexibility index (Phi) is 44.1. The second-order valence-corrected chi connectivity index (χ2v) is 22.0. The summed E-state index contributed by atoms with van der Waals surface area (Å²) in [5, 5.41) is 78.2. The Morgan fingerprint density at radius 2 is 0.826 bits per heavy atom. The minimum Gasteiger partial charge on any atom is -0.481 e. The number of carbonyl (C=O) groups is 14. The van der Waals surface area contributed by atoms with Gasteiger partial charge in [0.15, 0.2) is 0 Å². The molecule has 33 nitrogen and oxygen atoms in total. The number of primary amides is 1. The largest absolute Gasteiger partial charge is 0.481 e. The van der Waals surface area contributed by atoms with E-state index in [1.54, 1.807) is 12.3 Å². The molecule has 17 N–H and O–H groups in total. The molecule has 0 spiro atoms. The highest BCUT2D eigenvalue weighted by atomic mass is 16.5. The van der Waals surface area contributed by atoms with Crippen molar-refractivity contribution in [1.29, 1.82) is 0 Å². The third-order valence-electron chi connectivity index (χ3n) is 14.2. The number of allylic oxidation sites excluding steroid dienone is 1. The summed E-state index contributed by atoms with van der Waals surface area (Å²) in [5.41, 5.74) is 5.96. The highest BCUT2D eigenvalue weighted by Crippen LogP contribution is 2.16. The summed E-state index contributed by atoms with van der Waals surface area (Å²) in [4.78, 5) is 179. The number of amides is 10. The number of rotatable bonds is 56. The second-order valence-electron chi connectivity index (χ2n) is 22.0. The van der Waals surface area contributed by atoms with Crippen molar-refractivity contribution >= 4 is 89.2 Å². The monoisotopic (exact) mass is 1310 g/mol. The standard InChI is InChI=1S/C59H97N11O22/c1-38(73)64-44(34-39-18-17-29-61-39)57(88)67-42(23-26-51(80)81)55(86)66-43(24-27-52(82)83)56(87)69-46(36-72)59(90)70-45(35-71)58(89)68-41(22-25-50(78)79)54(85)65-40(53(60)84)19-15-16-28-62-48(75)37-92-33-32-91-31-30-63-47(74)20-13-11-9-7-5-3-2-4-6-8-10-12-14-21-49(76)77/h18,29,40-46,71-72H,2-17,19-28,30-37H2,1H3,(H2,60,84)(H,62,75)(H,63,74)(H,64,73)(H,65,85)(H,66,86)(H,67,88)(H,68,89)(H,69,87)(H,70,90)(H,76,77)(H,78,79)(H,80,81)(H,82,83)/t40-,41-,42-,43-,44-,45-,46-/m0/s1. The third kappa shape index (κ3) is 40.5. The number of hydrogen-bond acceptors (Lipinski definition) is 19. The molecule has 1 aliphatic rings. The maximum absolute atomic E-state index is 13.6. The van der Waals surface area contributed by atoms with Crippen LogP contribution in [0.25, 0.3) is 0 Å². The number of nitrogens with one attached hydrogen (secondary N) is 9. The highest BCUT2D eigenvalue weighted by molar-refractivity contribution is 5.98. The van der Waals surface area contributed by atoms with Gasteiger partial charge in [-0.2, -0.15) is 0 Å². The number of ether oxygens (including phenoxy) is 2. The van der Waals surface area contributed by atoms with Gasteiger partial charge in [0.1, 0.15) is 48.9 Å². The minimum atomic E-state index is -1.99. The number of nitrogens with two attached hydrogens (primary N) is 1. The van der Waals surface area contributed by atoms with Crippen LogP contribution in [0.5, 0.6) is 0 Å². The first-order valence-corrected chi connectivity index (χ1v) is 31.2. The molecule has 0 saturated carbocycles. The number of aliphatic hydroxyl groups is 2. The van der Waals surface area contributed by atoms with Crippen LogP contribution < -0.4 is 53.6 Å². The summed E-state index contributed by atoms with van der Waals surface area (Å²) in [6.07, 6.45) is 14.6. The van der Waals surface area contributed by atoms with Crippen molar-refractivity contribution in [1.82, 2.24) is 47.9 Å². The SMILES string of the molecule is CC(=O)N[C@@H](CC1=CCC=N1)C(=O)N[C@@H](CCC(=O)O)C(=O)N[C@@H](CCC(=O)O)C(=O)N[C@@H](CO)C(=O)N[C@@H](CO)C(=O)N[C@@H](CCC(=O)O)C(=O)N[C@@H](CCCCNC(=O)COCCOCCNC(=O)CCCCCCCCCCCCCCCC(=O)O)C(N)=O. The van der Waals surface area contributed by atoms with Crippen LogP contribution in [0.15, 0.2) is 16.8 Å². The van der Waals surface area contributed by atoms with E-state index in [1.165, 1.54) is 32.1 Å². The van der Waals surface area contributed by atoms with E-state index in [9.17, 15) is 92.7 Å². The Hall–Kier alpha value is -8.17. The van der Waals surface area contributed by atoms with Crippen molar-refractivity contribution in [2.24, 2.45) is 10.7 Å². The predicted octanol–water partition coefficient (Wildman–Crippen LogP) is -1.42. The number of carboxylic acid groups (broad SMARTS) is 4. The normalized spacial score (nSPS) is 13.9. The molecule has 10 amide bonds. The van der Waals surface area contributed by atoms with E-state index < -0.39 is 171 Å². The van der Waals surface area contributed by atoms with Crippen molar-refractivity contribution in [2.75, 3.05) is 52.7 Å². The van der Waals surface area contributed by atoms with Crippen molar-refractivity contribution in [3.8, 4) is 0 Å². The zero-order chi connectivity index (χ0) is 68.6. The summed E-state index contributed by atoms with van der Waals surface area (Å²) in [6.45, 7) is -0.588. The minimum absolute atomic E-state index is 0.0507. The molecule has 0 saturated heterocycles. The van der Waals surface area contributed by atoms with E-state index in [0.717, 1.165) is 58.3 Å². The second kappa shape index (κ2) is 49.5. The fourth-order valence-electron chi connectivity index (χ4n) is 9.12. The van der Waals surface area contributed by atoms with Gasteiger partial charge in [-0.3, -0.25) is 72.1 Å². The Morgan fingerprint density at radius 1 is 0.435 bits per heavy atom. The van der Waals surface area contributed by atoms with Crippen molar-refractivity contribution in [3.05, 3.63) is 11.8 Å². The van der Waals surface area contributed by atoms with Crippen molar-refractivity contribution in [2.45, 2.75) is 216 Å². The summed E-state index contributed by atoms with van der Waals surface area (Å²) in [7, 11) is 0. The molecule has 92 heavy (non-hydrogen) atoms. The van der Waals surface area contributed by atoms with Gasteiger partial charge in [0.05, 0.1) is 33.0 Å². The first kappa shape index (κ1) is 81.8. The molecule has 0 aromatic rings. The Bertz CT molecular complexity index is 2450. The first-order valence-electron chi connectivity index (χ1n) is 31.2. The van der Waals surface area contributed by atoms with Crippen LogP contribution in [0.3, 0.4) is 0 Å². The van der Waals surface area contributed by atoms with Crippen LogP contribution >= 0.6 is 0 Å². The molecule has 1 heterocycles. The van der Waals surface area contributed by atoms with Crippen LogP contribution in [0, 0.1) is 0 Å². The molecular formula is C59H97N11O22. The lowest BCUT2D eigenvalue weighted by Gasteiger charge is -2.27. The number of aliphatic hydroxyl groups excluding tert-OH is 2. The molecule has 0 aromatic carbocycles. The van der Waals surface area contributed by atoms with Gasteiger partial charge in [0.25, 0.3) is 0 Å². The lowest BCUT2D eigenvalue weighted by Crippen LogP contribution is -2.61. The smallest absolute Gasteiger partial charge is 0.303 e. The molecule has 33 heteroatoms. The molecule has 0 aliphatic carbocycles. The van der Waals surface area contributed by atoms with E-state index in [2.05, 4.69) is 47.5 Å². The summed E-state index contributed by atoms with van der Waals surface area (Å²) >= 11 is 0. The van der Waals surface area contributed by atoms with Gasteiger partial charge in [-0.15, -0.1) is 0 Å². The maximum Gasteiger partial charge on any atom is 0.303 e. The first-order chi connectivity index (χ1) is 43.9. The van der Waals surface area contributed by atoms with Crippen LogP contribution in [0.1, 0.15) is 174 Å². The molecule has 1 aliphatic heterocycles. The highest BCUT2D eigenvalue weighted by Gasteiger charge is 2.35. The van der Waals surface area contributed by atoms with Gasteiger partial charge in [-0.05, 0) is 51.4 Å². The average molecular weight is 1310 g/mol. The number of hydrogen-bond donors (Lipinski definition) is 16. The van der Waals surface area contributed by atoms with Crippen molar-refractivity contribution in [3.63, 3.8) is 0 Å². The summed E-state index contributed by atoms with van der Waals surface area (Å²) in [5.74, 6) is -14.3. The van der Waals surface area contributed by atoms with Gasteiger partial charge in [0.2, 0.25) is 59.1 Å². The van der Waals surface area contributed by atoms with E-state index in [1.807, 2.05) is 5.32 Å². The van der Waals surface area contributed by atoms with E-state index in [-0.39, 0.29) is 64.6 Å². The fourth-order valence-corrected chi connectivity index (χ4v) is 9.12. The molecule has 0 radical (unpaired) electrons.